The summed E-state index contributed by atoms with van der Waals surface area (Å²) in [5.74, 6) is 0.298. The normalized spacial score (nSPS) is 13.7. The standard InChI is InChI=1S/C21H19N9O/c1-11(25-19-13(7-22)18(23)27-21(24)28-19)14-8-30-20(15-9-31-10-16(15)29-30)26-17(14)12-5-3-2-4-6-12/h2-6,8,11H,9-10H2,1H3,(H5,23,24,25,27,28)/t11-/m0/s1. The summed E-state index contributed by atoms with van der Waals surface area (Å²) in [6, 6.07) is 11.6. The Kier molecular flexibility index (Phi) is 4.38. The van der Waals surface area contributed by atoms with Crippen molar-refractivity contribution in [3.05, 3.63) is 58.9 Å². The zero-order chi connectivity index (χ0) is 21.5. The number of anilines is 3. The van der Waals surface area contributed by atoms with Gasteiger partial charge in [0.1, 0.15) is 17.5 Å². The molecule has 10 heteroatoms. The van der Waals surface area contributed by atoms with E-state index in [1.54, 1.807) is 4.52 Å². The molecule has 154 valence electrons. The summed E-state index contributed by atoms with van der Waals surface area (Å²) < 4.78 is 7.30. The van der Waals surface area contributed by atoms with Crippen molar-refractivity contribution in [1.29, 1.82) is 5.26 Å². The van der Waals surface area contributed by atoms with E-state index < -0.39 is 0 Å². The van der Waals surface area contributed by atoms with Gasteiger partial charge in [-0.1, -0.05) is 30.3 Å². The van der Waals surface area contributed by atoms with Crippen molar-refractivity contribution in [2.45, 2.75) is 26.2 Å². The van der Waals surface area contributed by atoms with Crippen LogP contribution in [-0.4, -0.2) is 24.6 Å². The van der Waals surface area contributed by atoms with E-state index in [1.807, 2.05) is 49.5 Å². The van der Waals surface area contributed by atoms with Gasteiger partial charge in [-0.05, 0) is 6.92 Å². The van der Waals surface area contributed by atoms with E-state index in [0.29, 0.717) is 13.2 Å². The van der Waals surface area contributed by atoms with Crippen molar-refractivity contribution in [2.24, 2.45) is 0 Å². The van der Waals surface area contributed by atoms with Gasteiger partial charge in [0.2, 0.25) is 5.95 Å². The third kappa shape index (κ3) is 3.17. The Morgan fingerprint density at radius 2 is 1.97 bits per heavy atom. The molecule has 1 aliphatic rings. The molecule has 0 spiro atoms. The molecule has 5 N–H and O–H groups in total. The number of ether oxygens (including phenoxy) is 1. The lowest BCUT2D eigenvalue weighted by atomic mass is 10.0. The predicted molar refractivity (Wildman–Crippen MR) is 115 cm³/mol. The van der Waals surface area contributed by atoms with Crippen LogP contribution in [0.5, 0.6) is 0 Å². The van der Waals surface area contributed by atoms with Crippen LogP contribution in [0.1, 0.15) is 35.3 Å². The van der Waals surface area contributed by atoms with Gasteiger partial charge < -0.3 is 21.5 Å². The molecule has 0 radical (unpaired) electrons. The maximum Gasteiger partial charge on any atom is 0.224 e. The van der Waals surface area contributed by atoms with Gasteiger partial charge >= 0.3 is 0 Å². The number of nitrogens with two attached hydrogens (primary N) is 2. The van der Waals surface area contributed by atoms with E-state index in [9.17, 15) is 5.26 Å². The fraction of sp³-hybridized carbons (Fsp3) is 0.190. The van der Waals surface area contributed by atoms with Gasteiger partial charge in [-0.2, -0.15) is 20.3 Å². The third-order valence-electron chi connectivity index (χ3n) is 5.23. The molecular formula is C21H19N9O. The molecule has 3 aromatic heterocycles. The number of nitrogens with one attached hydrogen (secondary N) is 1. The van der Waals surface area contributed by atoms with Crippen LogP contribution in [0.3, 0.4) is 0 Å². The lowest BCUT2D eigenvalue weighted by Gasteiger charge is -2.19. The number of nitrogens with zero attached hydrogens (tertiary/aromatic N) is 6. The molecular weight excluding hydrogens is 394 g/mol. The van der Waals surface area contributed by atoms with Crippen molar-refractivity contribution < 1.29 is 4.74 Å². The van der Waals surface area contributed by atoms with Crippen molar-refractivity contribution in [1.82, 2.24) is 24.6 Å². The first kappa shape index (κ1) is 18.8. The minimum Gasteiger partial charge on any atom is -0.382 e. The SMILES string of the molecule is C[C@H](Nc1nc(N)nc(N)c1C#N)c1cn2nc3c(c2nc1-c1ccccc1)COC3. The Morgan fingerprint density at radius 1 is 1.16 bits per heavy atom. The Hall–Kier alpha value is -4.23. The first-order valence-corrected chi connectivity index (χ1v) is 9.69. The molecule has 1 aliphatic heterocycles. The largest absolute Gasteiger partial charge is 0.382 e. The monoisotopic (exact) mass is 413 g/mol. The average Bonchev–Trinajstić information content (AvgIpc) is 3.34. The Balaban J connectivity index is 1.65. The lowest BCUT2D eigenvalue weighted by Crippen LogP contribution is -2.15. The van der Waals surface area contributed by atoms with Crippen LogP contribution >= 0.6 is 0 Å². The Morgan fingerprint density at radius 3 is 2.74 bits per heavy atom. The van der Waals surface area contributed by atoms with Gasteiger partial charge in [-0.3, -0.25) is 0 Å². The van der Waals surface area contributed by atoms with E-state index in [0.717, 1.165) is 33.7 Å². The van der Waals surface area contributed by atoms with E-state index in [1.165, 1.54) is 0 Å². The summed E-state index contributed by atoms with van der Waals surface area (Å²) in [6.07, 6.45) is 1.95. The third-order valence-corrected chi connectivity index (χ3v) is 5.23. The summed E-state index contributed by atoms with van der Waals surface area (Å²) in [4.78, 5) is 13.0. The second-order valence-electron chi connectivity index (χ2n) is 7.27. The van der Waals surface area contributed by atoms with Gasteiger partial charge in [-0.15, -0.1) is 0 Å². The van der Waals surface area contributed by atoms with E-state index in [4.69, 9.17) is 21.2 Å². The van der Waals surface area contributed by atoms with Crippen molar-refractivity contribution in [3.8, 4) is 17.3 Å². The van der Waals surface area contributed by atoms with Crippen molar-refractivity contribution in [2.75, 3.05) is 16.8 Å². The highest BCUT2D eigenvalue weighted by Crippen LogP contribution is 2.32. The minimum absolute atomic E-state index is 0.00781. The first-order chi connectivity index (χ1) is 15.0. The molecule has 31 heavy (non-hydrogen) atoms. The number of fused-ring (bicyclic) bond motifs is 3. The van der Waals surface area contributed by atoms with Crippen LogP contribution < -0.4 is 16.8 Å². The highest BCUT2D eigenvalue weighted by Gasteiger charge is 2.24. The van der Waals surface area contributed by atoms with Crippen LogP contribution in [0.4, 0.5) is 17.6 Å². The molecule has 0 bridgehead atoms. The minimum atomic E-state index is -0.289. The number of aromatic nitrogens is 5. The zero-order valence-electron chi connectivity index (χ0n) is 16.7. The van der Waals surface area contributed by atoms with E-state index >= 15 is 0 Å². The summed E-state index contributed by atoms with van der Waals surface area (Å²) in [6.45, 7) is 2.93. The fourth-order valence-corrected chi connectivity index (χ4v) is 3.73. The molecule has 4 aromatic rings. The summed E-state index contributed by atoms with van der Waals surface area (Å²) in [5, 5.41) is 17.4. The molecule has 4 heterocycles. The number of nitriles is 1. The predicted octanol–water partition coefficient (Wildman–Crippen LogP) is 2.43. The maximum absolute atomic E-state index is 9.49. The van der Waals surface area contributed by atoms with E-state index in [-0.39, 0.29) is 29.2 Å². The van der Waals surface area contributed by atoms with Crippen molar-refractivity contribution >= 4 is 23.2 Å². The molecule has 5 rings (SSSR count). The van der Waals surface area contributed by atoms with E-state index in [2.05, 4.69) is 20.4 Å². The van der Waals surface area contributed by atoms with Crippen LogP contribution in [0, 0.1) is 11.3 Å². The summed E-state index contributed by atoms with van der Waals surface area (Å²) in [5.41, 5.74) is 17.1. The molecule has 0 unspecified atom stereocenters. The smallest absolute Gasteiger partial charge is 0.224 e. The fourth-order valence-electron chi connectivity index (χ4n) is 3.73. The number of rotatable bonds is 4. The van der Waals surface area contributed by atoms with Crippen LogP contribution in [-0.2, 0) is 18.0 Å². The maximum atomic E-state index is 9.49. The lowest BCUT2D eigenvalue weighted by molar-refractivity contribution is 0.132. The first-order valence-electron chi connectivity index (χ1n) is 9.69. The second-order valence-corrected chi connectivity index (χ2v) is 7.27. The van der Waals surface area contributed by atoms with Gasteiger partial charge in [0, 0.05) is 22.9 Å². The van der Waals surface area contributed by atoms with Gasteiger partial charge in [0.25, 0.3) is 0 Å². The van der Waals surface area contributed by atoms with Gasteiger partial charge in [0.05, 0.1) is 30.6 Å². The molecule has 1 aromatic carbocycles. The highest BCUT2D eigenvalue weighted by atomic mass is 16.5. The number of hydrogen-bond acceptors (Lipinski definition) is 9. The summed E-state index contributed by atoms with van der Waals surface area (Å²) >= 11 is 0. The number of benzene rings is 1. The van der Waals surface area contributed by atoms with Gasteiger partial charge in [0.15, 0.2) is 11.5 Å². The average molecular weight is 413 g/mol. The molecule has 0 aliphatic carbocycles. The molecule has 10 nitrogen and oxygen atoms in total. The topological polar surface area (TPSA) is 153 Å². The Bertz CT molecular complexity index is 1340. The molecule has 1 atom stereocenters. The van der Waals surface area contributed by atoms with Crippen molar-refractivity contribution in [3.63, 3.8) is 0 Å². The highest BCUT2D eigenvalue weighted by molar-refractivity contribution is 5.69. The van der Waals surface area contributed by atoms with Crippen LogP contribution in [0.2, 0.25) is 0 Å². The summed E-state index contributed by atoms with van der Waals surface area (Å²) in [7, 11) is 0. The second kappa shape index (κ2) is 7.23. The zero-order valence-corrected chi connectivity index (χ0v) is 16.7. The quantitative estimate of drug-likeness (QED) is 0.457. The number of nitrogen functional groups attached to an aromatic ring is 2. The Labute approximate surface area is 177 Å². The van der Waals surface area contributed by atoms with Crippen LogP contribution in [0.25, 0.3) is 16.9 Å². The van der Waals surface area contributed by atoms with Crippen LogP contribution in [0.15, 0.2) is 36.5 Å². The number of hydrogen-bond donors (Lipinski definition) is 3. The molecule has 0 saturated carbocycles. The molecule has 0 amide bonds. The van der Waals surface area contributed by atoms with Gasteiger partial charge in [-0.25, -0.2) is 9.50 Å². The molecule has 0 saturated heterocycles. The molecule has 0 fully saturated rings.